The summed E-state index contributed by atoms with van der Waals surface area (Å²) < 4.78 is 1.67. The molecule has 19 heavy (non-hydrogen) atoms. The van der Waals surface area contributed by atoms with E-state index in [0.717, 1.165) is 16.3 Å². The number of nitrogens with zero attached hydrogens (tertiary/aromatic N) is 2. The van der Waals surface area contributed by atoms with Crippen LogP contribution < -0.4 is 5.73 Å². The van der Waals surface area contributed by atoms with Gasteiger partial charge >= 0.3 is 0 Å². The normalized spacial score (nSPS) is 10.8. The van der Waals surface area contributed by atoms with Crippen molar-refractivity contribution in [3.8, 4) is 16.3 Å². The van der Waals surface area contributed by atoms with Crippen LogP contribution in [0, 0.1) is 0 Å². The summed E-state index contributed by atoms with van der Waals surface area (Å²) in [6, 6.07) is 9.22. The molecule has 3 nitrogen and oxygen atoms in total. The summed E-state index contributed by atoms with van der Waals surface area (Å²) in [5.41, 5.74) is 8.14. The molecule has 1 aromatic carbocycles. The highest BCUT2D eigenvalue weighted by Crippen LogP contribution is 2.31. The Morgan fingerprint density at radius 2 is 2.05 bits per heavy atom. The molecule has 0 unspecified atom stereocenters. The van der Waals surface area contributed by atoms with Gasteiger partial charge in [0.1, 0.15) is 5.69 Å². The smallest absolute Gasteiger partial charge is 0.126 e. The molecule has 6 heteroatoms. The highest BCUT2D eigenvalue weighted by atomic mass is 35.5. The molecule has 3 rings (SSSR count). The number of halogens is 2. The summed E-state index contributed by atoms with van der Waals surface area (Å²) in [7, 11) is 0. The van der Waals surface area contributed by atoms with Gasteiger partial charge in [-0.15, -0.1) is 11.3 Å². The van der Waals surface area contributed by atoms with Gasteiger partial charge in [0.15, 0.2) is 0 Å². The predicted molar refractivity (Wildman–Crippen MR) is 81.3 cm³/mol. The molecule has 96 valence electrons. The molecule has 2 N–H and O–H groups in total. The second kappa shape index (κ2) is 4.89. The fraction of sp³-hybridized carbons (Fsp3) is 0. The van der Waals surface area contributed by atoms with E-state index in [1.807, 2.05) is 23.6 Å². The lowest BCUT2D eigenvalue weighted by atomic mass is 10.3. The average molecular weight is 310 g/mol. The number of aromatic nitrogens is 2. The molecule has 0 atom stereocenters. The maximum Gasteiger partial charge on any atom is 0.126 e. The van der Waals surface area contributed by atoms with Crippen molar-refractivity contribution in [2.75, 3.05) is 5.73 Å². The van der Waals surface area contributed by atoms with Gasteiger partial charge < -0.3 is 5.73 Å². The fourth-order valence-corrected chi connectivity index (χ4v) is 3.01. The maximum absolute atomic E-state index is 6.17. The zero-order valence-corrected chi connectivity index (χ0v) is 12.0. The topological polar surface area (TPSA) is 43.8 Å². The number of hydrogen-bond donors (Lipinski definition) is 1. The van der Waals surface area contributed by atoms with Crippen molar-refractivity contribution in [3.63, 3.8) is 0 Å². The van der Waals surface area contributed by atoms with Gasteiger partial charge in [-0.25, -0.2) is 4.68 Å². The minimum atomic E-state index is 0.535. The summed E-state index contributed by atoms with van der Waals surface area (Å²) >= 11 is 13.6. The Morgan fingerprint density at radius 3 is 2.74 bits per heavy atom. The summed E-state index contributed by atoms with van der Waals surface area (Å²) in [6.07, 6.45) is 1.75. The van der Waals surface area contributed by atoms with Crippen LogP contribution in [0.3, 0.4) is 0 Å². The first-order chi connectivity index (χ1) is 9.15. The van der Waals surface area contributed by atoms with Crippen LogP contribution in [-0.4, -0.2) is 9.78 Å². The Balaban J connectivity index is 2.10. The third-order valence-electron chi connectivity index (χ3n) is 2.65. The quantitative estimate of drug-likeness (QED) is 0.758. The van der Waals surface area contributed by atoms with E-state index in [9.17, 15) is 0 Å². The summed E-state index contributed by atoms with van der Waals surface area (Å²) in [5.74, 6) is 0. The Hall–Kier alpha value is -1.49. The van der Waals surface area contributed by atoms with Crippen LogP contribution in [-0.2, 0) is 0 Å². The van der Waals surface area contributed by atoms with E-state index in [2.05, 4.69) is 5.10 Å². The SMILES string of the molecule is Nc1cn(-c2ccc(Cl)cc2Cl)nc1-c1cccs1. The van der Waals surface area contributed by atoms with Gasteiger partial charge in [-0.2, -0.15) is 5.10 Å². The fourth-order valence-electron chi connectivity index (χ4n) is 1.78. The van der Waals surface area contributed by atoms with Gasteiger partial charge in [0.25, 0.3) is 0 Å². The lowest BCUT2D eigenvalue weighted by Gasteiger charge is -2.03. The molecular weight excluding hydrogens is 301 g/mol. The molecular formula is C13H9Cl2N3S. The number of thiophene rings is 1. The minimum absolute atomic E-state index is 0.535. The molecule has 0 aliphatic rings. The van der Waals surface area contributed by atoms with Crippen molar-refractivity contribution in [1.82, 2.24) is 9.78 Å². The number of nitrogens with two attached hydrogens (primary N) is 1. The second-order valence-electron chi connectivity index (χ2n) is 3.95. The molecule has 0 saturated carbocycles. The highest BCUT2D eigenvalue weighted by molar-refractivity contribution is 7.13. The van der Waals surface area contributed by atoms with Crippen molar-refractivity contribution >= 4 is 40.2 Å². The van der Waals surface area contributed by atoms with Crippen molar-refractivity contribution in [3.05, 3.63) is 52.0 Å². The van der Waals surface area contributed by atoms with Crippen molar-refractivity contribution in [2.24, 2.45) is 0 Å². The molecule has 0 saturated heterocycles. The largest absolute Gasteiger partial charge is 0.396 e. The summed E-state index contributed by atoms with van der Waals surface area (Å²) in [6.45, 7) is 0. The van der Waals surface area contributed by atoms with Crippen molar-refractivity contribution < 1.29 is 0 Å². The molecule has 0 spiro atoms. The van der Waals surface area contributed by atoms with Gasteiger partial charge in [0.2, 0.25) is 0 Å². The summed E-state index contributed by atoms with van der Waals surface area (Å²) in [4.78, 5) is 1.03. The first kappa shape index (κ1) is 12.5. The van der Waals surface area contributed by atoms with Crippen LogP contribution in [0.2, 0.25) is 10.0 Å². The molecule has 3 aromatic rings. The average Bonchev–Trinajstić information content (AvgIpc) is 2.98. The zero-order chi connectivity index (χ0) is 13.4. The van der Waals surface area contributed by atoms with Gasteiger partial charge in [0.05, 0.1) is 27.5 Å². The number of anilines is 1. The maximum atomic E-state index is 6.17. The van der Waals surface area contributed by atoms with Crippen LogP contribution in [0.1, 0.15) is 0 Å². The van der Waals surface area contributed by atoms with Gasteiger partial charge in [-0.05, 0) is 29.6 Å². The molecule has 0 radical (unpaired) electrons. The van der Waals surface area contributed by atoms with Gasteiger partial charge in [0, 0.05) is 5.02 Å². The molecule has 0 amide bonds. The van der Waals surface area contributed by atoms with Crippen LogP contribution >= 0.6 is 34.5 Å². The predicted octanol–water partition coefficient (Wildman–Crippen LogP) is 4.49. The van der Waals surface area contributed by atoms with E-state index < -0.39 is 0 Å². The number of hydrogen-bond acceptors (Lipinski definition) is 3. The molecule has 0 bridgehead atoms. The van der Waals surface area contributed by atoms with Gasteiger partial charge in [-0.1, -0.05) is 29.3 Å². The van der Waals surface area contributed by atoms with Crippen LogP contribution in [0.25, 0.3) is 16.3 Å². The first-order valence-corrected chi connectivity index (χ1v) is 7.13. The van der Waals surface area contributed by atoms with E-state index in [1.54, 1.807) is 34.3 Å². The van der Waals surface area contributed by atoms with E-state index >= 15 is 0 Å². The molecule has 0 fully saturated rings. The molecule has 2 heterocycles. The van der Waals surface area contributed by atoms with E-state index in [-0.39, 0.29) is 0 Å². The molecule has 0 aliphatic heterocycles. The molecule has 0 aliphatic carbocycles. The Bertz CT molecular complexity index is 720. The Kier molecular flexibility index (Phi) is 3.22. The van der Waals surface area contributed by atoms with Crippen LogP contribution in [0.15, 0.2) is 41.9 Å². The monoisotopic (exact) mass is 309 g/mol. The zero-order valence-electron chi connectivity index (χ0n) is 9.68. The third-order valence-corrected chi connectivity index (χ3v) is 4.07. The second-order valence-corrected chi connectivity index (χ2v) is 5.74. The lowest BCUT2D eigenvalue weighted by Crippen LogP contribution is -1.95. The van der Waals surface area contributed by atoms with E-state index in [4.69, 9.17) is 28.9 Å². The number of benzene rings is 1. The Labute approximate surface area is 124 Å². The van der Waals surface area contributed by atoms with E-state index in [0.29, 0.717) is 15.7 Å². The minimum Gasteiger partial charge on any atom is -0.396 e. The van der Waals surface area contributed by atoms with Crippen LogP contribution in [0.5, 0.6) is 0 Å². The number of rotatable bonds is 2. The van der Waals surface area contributed by atoms with Crippen LogP contribution in [0.4, 0.5) is 5.69 Å². The number of nitrogen functional groups attached to an aromatic ring is 1. The standard InChI is InChI=1S/C13H9Cl2N3S/c14-8-3-4-11(9(15)6-8)18-7-10(16)13(17-18)12-2-1-5-19-12/h1-7H,16H2. The van der Waals surface area contributed by atoms with Crippen molar-refractivity contribution in [1.29, 1.82) is 0 Å². The van der Waals surface area contributed by atoms with Crippen molar-refractivity contribution in [2.45, 2.75) is 0 Å². The van der Waals surface area contributed by atoms with E-state index in [1.165, 1.54) is 0 Å². The third kappa shape index (κ3) is 2.34. The van der Waals surface area contributed by atoms with Gasteiger partial charge in [-0.3, -0.25) is 0 Å². The first-order valence-electron chi connectivity index (χ1n) is 5.49. The summed E-state index contributed by atoms with van der Waals surface area (Å²) in [5, 5.41) is 7.60. The molecule has 2 aromatic heterocycles. The highest BCUT2D eigenvalue weighted by Gasteiger charge is 2.12. The lowest BCUT2D eigenvalue weighted by molar-refractivity contribution is 0.885. The Morgan fingerprint density at radius 1 is 1.21 bits per heavy atom.